The highest BCUT2D eigenvalue weighted by molar-refractivity contribution is 6.17. The van der Waals surface area contributed by atoms with Crippen molar-refractivity contribution in [3.63, 3.8) is 0 Å². The number of aryl methyl sites for hydroxylation is 2. The summed E-state index contributed by atoms with van der Waals surface area (Å²) in [6.45, 7) is 6.55. The topological polar surface area (TPSA) is 66.3 Å². The molecule has 1 aliphatic heterocycles. The lowest BCUT2D eigenvalue weighted by atomic mass is 9.99. The number of nitrogens with one attached hydrogen (secondary N) is 1. The average molecular weight is 329 g/mol. The quantitative estimate of drug-likeness (QED) is 0.726. The van der Waals surface area contributed by atoms with Gasteiger partial charge in [0, 0.05) is 5.56 Å². The number of aromatic nitrogens is 3. The molecule has 124 valence electrons. The van der Waals surface area contributed by atoms with Gasteiger partial charge in [-0.05, 0) is 60.7 Å². The van der Waals surface area contributed by atoms with Crippen LogP contribution in [0.3, 0.4) is 0 Å². The van der Waals surface area contributed by atoms with Gasteiger partial charge in [0.2, 0.25) is 0 Å². The summed E-state index contributed by atoms with van der Waals surface area (Å²) in [6, 6.07) is 12.4. The Morgan fingerprint density at radius 3 is 2.76 bits per heavy atom. The molecule has 2 aromatic carbocycles. The number of aromatic amines is 1. The summed E-state index contributed by atoms with van der Waals surface area (Å²) in [5.74, 6) is 0.758. The third kappa shape index (κ3) is 3.01. The van der Waals surface area contributed by atoms with Gasteiger partial charge in [-0.15, -0.1) is 6.58 Å². The van der Waals surface area contributed by atoms with Gasteiger partial charge >= 0.3 is 0 Å². The molecule has 0 spiro atoms. The van der Waals surface area contributed by atoms with Crippen LogP contribution in [0, 0.1) is 6.92 Å². The lowest BCUT2D eigenvalue weighted by molar-refractivity contribution is 0.959. The van der Waals surface area contributed by atoms with Crippen molar-refractivity contribution >= 4 is 22.6 Å². The molecule has 3 aromatic rings. The van der Waals surface area contributed by atoms with Crippen LogP contribution >= 0.6 is 0 Å². The van der Waals surface area contributed by atoms with Crippen LogP contribution in [-0.2, 0) is 6.42 Å². The largest absolute Gasteiger partial charge is 0.260 e. The number of amidine groups is 1. The van der Waals surface area contributed by atoms with Crippen molar-refractivity contribution in [1.82, 2.24) is 15.4 Å². The molecule has 2 heterocycles. The number of hydrogen-bond donors (Lipinski definition) is 1. The zero-order valence-corrected chi connectivity index (χ0v) is 14.2. The van der Waals surface area contributed by atoms with Crippen LogP contribution in [0.1, 0.15) is 28.7 Å². The number of H-pyrrole nitrogens is 1. The molecule has 4 rings (SSSR count). The van der Waals surface area contributed by atoms with Gasteiger partial charge in [0.25, 0.3) is 0 Å². The van der Waals surface area contributed by atoms with E-state index in [1.165, 1.54) is 11.1 Å². The van der Waals surface area contributed by atoms with Crippen LogP contribution in [0.2, 0.25) is 0 Å². The van der Waals surface area contributed by atoms with Gasteiger partial charge in [0.15, 0.2) is 5.84 Å². The summed E-state index contributed by atoms with van der Waals surface area (Å²) in [5.41, 5.74) is 7.44. The van der Waals surface area contributed by atoms with Gasteiger partial charge in [-0.3, -0.25) is 4.99 Å². The maximum absolute atomic E-state index is 4.74. The summed E-state index contributed by atoms with van der Waals surface area (Å²) in [6.07, 6.45) is 3.99. The minimum Gasteiger partial charge on any atom is -0.260 e. The molecular formula is C20H19N5. The average Bonchev–Trinajstić information content (AvgIpc) is 3.29. The maximum atomic E-state index is 4.74. The van der Waals surface area contributed by atoms with Crippen LogP contribution in [-0.4, -0.2) is 33.5 Å². The van der Waals surface area contributed by atoms with Crippen LogP contribution < -0.4 is 0 Å². The fraction of sp³-hybridized carbons (Fsp3) is 0.200. The van der Waals surface area contributed by atoms with Gasteiger partial charge in [0.05, 0.1) is 12.3 Å². The van der Waals surface area contributed by atoms with Crippen molar-refractivity contribution in [2.24, 2.45) is 9.98 Å². The summed E-state index contributed by atoms with van der Waals surface area (Å²) >= 11 is 0. The Morgan fingerprint density at radius 2 is 1.92 bits per heavy atom. The van der Waals surface area contributed by atoms with Crippen LogP contribution in [0.5, 0.6) is 0 Å². The smallest absolute Gasteiger partial charge is 0.155 e. The second-order valence-electron chi connectivity index (χ2n) is 6.19. The summed E-state index contributed by atoms with van der Waals surface area (Å²) in [4.78, 5) is 9.34. The predicted molar refractivity (Wildman–Crippen MR) is 102 cm³/mol. The standard InChI is InChI=1S/C20H19N5/c1-3-4-5-14-6-7-15(10-13(14)2)19-12-21-20(22-19)16-8-9-17-18(11-16)24-25-23-17/h3,6-11H,1,4-5,12H2,2H3,(H,23,24,25). The molecule has 5 heteroatoms. The zero-order chi connectivity index (χ0) is 17.2. The number of fused-ring (bicyclic) bond motifs is 1. The first-order valence-electron chi connectivity index (χ1n) is 8.38. The lowest BCUT2D eigenvalue weighted by Crippen LogP contribution is -2.03. The molecule has 0 fully saturated rings. The van der Waals surface area contributed by atoms with E-state index >= 15 is 0 Å². The number of benzene rings is 2. The van der Waals surface area contributed by atoms with E-state index in [9.17, 15) is 0 Å². The zero-order valence-electron chi connectivity index (χ0n) is 14.2. The van der Waals surface area contributed by atoms with Crippen LogP contribution in [0.15, 0.2) is 59.0 Å². The molecule has 0 atom stereocenters. The van der Waals surface area contributed by atoms with Crippen molar-refractivity contribution in [2.45, 2.75) is 19.8 Å². The normalized spacial score (nSPS) is 13.8. The molecule has 0 aliphatic carbocycles. The van der Waals surface area contributed by atoms with Crippen molar-refractivity contribution in [1.29, 1.82) is 0 Å². The van der Waals surface area contributed by atoms with E-state index in [0.717, 1.165) is 46.5 Å². The molecule has 1 aliphatic rings. The number of allylic oxidation sites excluding steroid dienone is 1. The molecule has 0 bridgehead atoms. The Balaban J connectivity index is 1.59. The van der Waals surface area contributed by atoms with E-state index in [0.29, 0.717) is 6.54 Å². The Bertz CT molecular complexity index is 1010. The lowest BCUT2D eigenvalue weighted by Gasteiger charge is -2.07. The molecule has 0 unspecified atom stereocenters. The van der Waals surface area contributed by atoms with Crippen LogP contribution in [0.25, 0.3) is 11.0 Å². The highest BCUT2D eigenvalue weighted by Crippen LogP contribution is 2.19. The first kappa shape index (κ1) is 15.4. The van der Waals surface area contributed by atoms with Crippen LogP contribution in [0.4, 0.5) is 0 Å². The maximum Gasteiger partial charge on any atom is 0.155 e. The van der Waals surface area contributed by atoms with E-state index in [-0.39, 0.29) is 0 Å². The van der Waals surface area contributed by atoms with Crippen molar-refractivity contribution in [3.05, 3.63) is 71.3 Å². The SMILES string of the molecule is C=CCCc1ccc(C2=NC(c3ccc4n[nH]nc4c3)=NC2)cc1C. The highest BCUT2D eigenvalue weighted by Gasteiger charge is 2.15. The minimum atomic E-state index is 0.609. The molecule has 1 aromatic heterocycles. The second kappa shape index (κ2) is 6.43. The molecule has 0 amide bonds. The summed E-state index contributed by atoms with van der Waals surface area (Å²) in [7, 11) is 0. The molecule has 0 saturated heterocycles. The Hall–Kier alpha value is -3.08. The predicted octanol–water partition coefficient (Wildman–Crippen LogP) is 3.63. The van der Waals surface area contributed by atoms with E-state index in [1.807, 2.05) is 24.3 Å². The number of nitrogens with zero attached hydrogens (tertiary/aromatic N) is 4. The molecule has 5 nitrogen and oxygen atoms in total. The first-order valence-corrected chi connectivity index (χ1v) is 8.38. The molecular weight excluding hydrogens is 310 g/mol. The van der Waals surface area contributed by atoms with Gasteiger partial charge in [-0.2, -0.15) is 15.4 Å². The number of rotatable bonds is 5. The number of aliphatic imine (C=N–C) groups is 2. The highest BCUT2D eigenvalue weighted by atomic mass is 15.3. The van der Waals surface area contributed by atoms with E-state index in [1.54, 1.807) is 0 Å². The van der Waals surface area contributed by atoms with Gasteiger partial charge < -0.3 is 0 Å². The minimum absolute atomic E-state index is 0.609. The second-order valence-corrected chi connectivity index (χ2v) is 6.19. The fourth-order valence-electron chi connectivity index (χ4n) is 3.05. The molecule has 0 saturated carbocycles. The third-order valence-electron chi connectivity index (χ3n) is 4.49. The summed E-state index contributed by atoms with van der Waals surface area (Å²) < 4.78 is 0. The monoisotopic (exact) mass is 329 g/mol. The van der Waals surface area contributed by atoms with E-state index in [4.69, 9.17) is 4.99 Å². The molecule has 1 N–H and O–H groups in total. The van der Waals surface area contributed by atoms with Gasteiger partial charge in [0.1, 0.15) is 11.0 Å². The van der Waals surface area contributed by atoms with E-state index in [2.05, 4.69) is 52.1 Å². The van der Waals surface area contributed by atoms with Gasteiger partial charge in [-0.1, -0.05) is 18.2 Å². The van der Waals surface area contributed by atoms with Crippen molar-refractivity contribution in [3.8, 4) is 0 Å². The summed E-state index contributed by atoms with van der Waals surface area (Å²) in [5, 5.41) is 10.8. The van der Waals surface area contributed by atoms with Crippen molar-refractivity contribution in [2.75, 3.05) is 6.54 Å². The fourth-order valence-corrected chi connectivity index (χ4v) is 3.05. The number of hydrogen-bond acceptors (Lipinski definition) is 4. The van der Waals surface area contributed by atoms with Gasteiger partial charge in [-0.25, -0.2) is 4.99 Å². The third-order valence-corrected chi connectivity index (χ3v) is 4.49. The Labute approximate surface area is 146 Å². The molecule has 0 radical (unpaired) electrons. The van der Waals surface area contributed by atoms with Crippen molar-refractivity contribution < 1.29 is 0 Å². The Morgan fingerprint density at radius 1 is 1.08 bits per heavy atom. The molecule has 25 heavy (non-hydrogen) atoms. The van der Waals surface area contributed by atoms with E-state index < -0.39 is 0 Å². The first-order chi connectivity index (χ1) is 12.2. The Kier molecular flexibility index (Phi) is 3.98.